The maximum atomic E-state index is 14.8. The molecule has 27 heavy (non-hydrogen) atoms. The number of rotatable bonds is 5. The van der Waals surface area contributed by atoms with Crippen molar-refractivity contribution in [3.05, 3.63) is 53.1 Å². The predicted octanol–water partition coefficient (Wildman–Crippen LogP) is 5.10. The van der Waals surface area contributed by atoms with Crippen LogP contribution >= 0.6 is 0 Å². The van der Waals surface area contributed by atoms with Crippen molar-refractivity contribution in [3.8, 4) is 17.2 Å². The minimum Gasteiger partial charge on any atom is -0.369 e. The zero-order chi connectivity index (χ0) is 19.4. The summed E-state index contributed by atoms with van der Waals surface area (Å²) in [5.74, 6) is 0. The number of nitriles is 1. The summed E-state index contributed by atoms with van der Waals surface area (Å²) in [5, 5.41) is 9.83. The monoisotopic (exact) mass is 365 g/mol. The van der Waals surface area contributed by atoms with Crippen molar-refractivity contribution < 1.29 is 4.39 Å². The van der Waals surface area contributed by atoms with Crippen LogP contribution in [0.3, 0.4) is 0 Å². The first-order chi connectivity index (χ1) is 13.1. The molecule has 2 aromatic rings. The van der Waals surface area contributed by atoms with Crippen molar-refractivity contribution >= 4 is 5.69 Å². The number of piperazine rings is 1. The molecule has 2 aromatic carbocycles. The Bertz CT molecular complexity index is 832. The molecule has 0 radical (unpaired) electrons. The van der Waals surface area contributed by atoms with Gasteiger partial charge in [0.25, 0.3) is 0 Å². The third-order valence-electron chi connectivity index (χ3n) is 5.58. The van der Waals surface area contributed by atoms with E-state index in [2.05, 4.69) is 28.9 Å². The molecule has 1 unspecified atom stereocenters. The second-order valence-electron chi connectivity index (χ2n) is 7.18. The highest BCUT2D eigenvalue weighted by atomic mass is 19.1. The molecule has 1 aliphatic rings. The largest absolute Gasteiger partial charge is 0.369 e. The van der Waals surface area contributed by atoms with Crippen LogP contribution < -0.4 is 4.90 Å². The topological polar surface area (TPSA) is 30.3 Å². The Hall–Kier alpha value is -2.38. The third kappa shape index (κ3) is 3.99. The maximum absolute atomic E-state index is 14.8. The Balaban J connectivity index is 2.12. The van der Waals surface area contributed by atoms with Crippen molar-refractivity contribution in [2.75, 3.05) is 37.6 Å². The van der Waals surface area contributed by atoms with E-state index in [-0.39, 0.29) is 0 Å². The van der Waals surface area contributed by atoms with Gasteiger partial charge < -0.3 is 9.80 Å². The van der Waals surface area contributed by atoms with E-state index in [1.807, 2.05) is 44.2 Å². The van der Waals surface area contributed by atoms with Crippen LogP contribution in [0.15, 0.2) is 36.4 Å². The van der Waals surface area contributed by atoms with Crippen LogP contribution in [0.5, 0.6) is 0 Å². The molecule has 3 rings (SSSR count). The Kier molecular flexibility index (Phi) is 6.13. The number of nitrogens with zero attached hydrogens (tertiary/aromatic N) is 3. The van der Waals surface area contributed by atoms with Gasteiger partial charge in [0, 0.05) is 43.0 Å². The fraction of sp³-hybridized carbons (Fsp3) is 0.435. The van der Waals surface area contributed by atoms with E-state index in [1.165, 1.54) is 0 Å². The first-order valence-electron chi connectivity index (χ1n) is 9.84. The normalized spacial score (nSPS) is 16.2. The van der Waals surface area contributed by atoms with E-state index >= 15 is 0 Å². The van der Waals surface area contributed by atoms with E-state index in [0.717, 1.165) is 55.1 Å². The summed E-state index contributed by atoms with van der Waals surface area (Å²) in [6.07, 6.45) is -0.756. The second kappa shape index (κ2) is 8.54. The minimum atomic E-state index is -1.13. The van der Waals surface area contributed by atoms with Gasteiger partial charge in [0.05, 0.1) is 5.56 Å². The van der Waals surface area contributed by atoms with Gasteiger partial charge in [-0.3, -0.25) is 0 Å². The Labute approximate surface area is 162 Å². The highest BCUT2D eigenvalue weighted by Crippen LogP contribution is 2.37. The lowest BCUT2D eigenvalue weighted by Crippen LogP contribution is -2.46. The Morgan fingerprint density at radius 2 is 1.78 bits per heavy atom. The van der Waals surface area contributed by atoms with Crippen molar-refractivity contribution in [1.29, 1.82) is 5.26 Å². The van der Waals surface area contributed by atoms with E-state index < -0.39 is 6.17 Å². The lowest BCUT2D eigenvalue weighted by Gasteiger charge is -2.36. The molecule has 1 aliphatic heterocycles. The van der Waals surface area contributed by atoms with Gasteiger partial charge in [0.15, 0.2) is 0 Å². The molecule has 1 saturated heterocycles. The average Bonchev–Trinajstić information content (AvgIpc) is 2.72. The Morgan fingerprint density at radius 1 is 1.07 bits per heavy atom. The number of aryl methyl sites for hydroxylation is 1. The fourth-order valence-corrected chi connectivity index (χ4v) is 3.83. The number of halogens is 1. The fourth-order valence-electron chi connectivity index (χ4n) is 3.83. The molecule has 1 atom stereocenters. The van der Waals surface area contributed by atoms with Crippen molar-refractivity contribution in [2.24, 2.45) is 0 Å². The smallest absolute Gasteiger partial charge is 0.126 e. The lowest BCUT2D eigenvalue weighted by atomic mass is 9.90. The van der Waals surface area contributed by atoms with Crippen LogP contribution in [0.25, 0.3) is 11.1 Å². The van der Waals surface area contributed by atoms with Gasteiger partial charge in [0.2, 0.25) is 0 Å². The van der Waals surface area contributed by atoms with E-state index in [4.69, 9.17) is 0 Å². The van der Waals surface area contributed by atoms with Crippen molar-refractivity contribution in [1.82, 2.24) is 4.90 Å². The van der Waals surface area contributed by atoms with Gasteiger partial charge in [-0.1, -0.05) is 38.1 Å². The van der Waals surface area contributed by atoms with Crippen LogP contribution in [0.2, 0.25) is 0 Å². The standard InChI is InChI=1S/C23H28FN3/c1-4-23(24)21-15-18(27-12-10-26(5-2)11-13-27)14-20(22(21)16-25)19-9-7-6-8-17(19)3/h6-9,14-15,23H,4-5,10-13H2,1-3H3. The molecule has 0 saturated carbocycles. The van der Waals surface area contributed by atoms with Crippen LogP contribution in [0.1, 0.15) is 43.1 Å². The molecule has 142 valence electrons. The number of anilines is 1. The highest BCUT2D eigenvalue weighted by Gasteiger charge is 2.23. The van der Waals surface area contributed by atoms with Crippen LogP contribution in [-0.4, -0.2) is 37.6 Å². The van der Waals surface area contributed by atoms with Gasteiger partial charge >= 0.3 is 0 Å². The molecular formula is C23H28FN3. The molecule has 1 fully saturated rings. The minimum absolute atomic E-state index is 0.370. The van der Waals surface area contributed by atoms with Gasteiger partial charge in [-0.2, -0.15) is 5.26 Å². The predicted molar refractivity (Wildman–Crippen MR) is 110 cm³/mol. The summed E-state index contributed by atoms with van der Waals surface area (Å²) >= 11 is 0. The number of hydrogen-bond acceptors (Lipinski definition) is 3. The molecule has 0 bridgehead atoms. The molecule has 0 spiro atoms. The van der Waals surface area contributed by atoms with Crippen LogP contribution in [-0.2, 0) is 0 Å². The first-order valence-corrected chi connectivity index (χ1v) is 9.84. The number of hydrogen-bond donors (Lipinski definition) is 0. The average molecular weight is 365 g/mol. The maximum Gasteiger partial charge on any atom is 0.126 e. The summed E-state index contributed by atoms with van der Waals surface area (Å²) in [5.41, 5.74) is 4.96. The molecule has 0 aliphatic carbocycles. The number of likely N-dealkylation sites (N-methyl/N-ethyl adjacent to an activating group) is 1. The molecule has 3 nitrogen and oxygen atoms in total. The molecule has 1 heterocycles. The summed E-state index contributed by atoms with van der Waals surface area (Å²) in [4.78, 5) is 4.74. The molecule has 0 aromatic heterocycles. The van der Waals surface area contributed by atoms with Crippen LogP contribution in [0, 0.1) is 18.3 Å². The SMILES string of the molecule is CCC(F)c1cc(N2CCN(CC)CC2)cc(-c2ccccc2C)c1C#N. The third-order valence-corrected chi connectivity index (χ3v) is 5.58. The van der Waals surface area contributed by atoms with Gasteiger partial charge in [-0.15, -0.1) is 0 Å². The van der Waals surface area contributed by atoms with E-state index in [9.17, 15) is 9.65 Å². The van der Waals surface area contributed by atoms with Gasteiger partial charge in [-0.05, 0) is 43.1 Å². The zero-order valence-corrected chi connectivity index (χ0v) is 16.5. The number of alkyl halides is 1. The lowest BCUT2D eigenvalue weighted by molar-refractivity contribution is 0.271. The van der Waals surface area contributed by atoms with Gasteiger partial charge in [-0.25, -0.2) is 4.39 Å². The molecule has 0 N–H and O–H groups in total. The van der Waals surface area contributed by atoms with E-state index in [1.54, 1.807) is 0 Å². The summed E-state index contributed by atoms with van der Waals surface area (Å²) in [7, 11) is 0. The zero-order valence-electron chi connectivity index (χ0n) is 16.5. The molecule has 0 amide bonds. The van der Waals surface area contributed by atoms with Gasteiger partial charge in [0.1, 0.15) is 12.2 Å². The highest BCUT2D eigenvalue weighted by molar-refractivity contribution is 5.79. The second-order valence-corrected chi connectivity index (χ2v) is 7.18. The quantitative estimate of drug-likeness (QED) is 0.739. The van der Waals surface area contributed by atoms with Crippen molar-refractivity contribution in [2.45, 2.75) is 33.4 Å². The first kappa shape index (κ1) is 19.4. The van der Waals surface area contributed by atoms with Crippen LogP contribution in [0.4, 0.5) is 10.1 Å². The molecular weight excluding hydrogens is 337 g/mol. The molecule has 4 heteroatoms. The van der Waals surface area contributed by atoms with Crippen molar-refractivity contribution in [3.63, 3.8) is 0 Å². The summed E-state index contributed by atoms with van der Waals surface area (Å²) in [6, 6.07) is 14.3. The number of benzene rings is 2. The summed E-state index contributed by atoms with van der Waals surface area (Å²) in [6.45, 7) is 11.0. The summed E-state index contributed by atoms with van der Waals surface area (Å²) < 4.78 is 14.8. The van der Waals surface area contributed by atoms with E-state index in [0.29, 0.717) is 17.5 Å². The Morgan fingerprint density at radius 3 is 2.37 bits per heavy atom.